The fourth-order valence-corrected chi connectivity index (χ4v) is 4.09. The van der Waals surface area contributed by atoms with Crippen molar-refractivity contribution in [2.45, 2.75) is 31.9 Å². The molecule has 6 heteroatoms. The van der Waals surface area contributed by atoms with Gasteiger partial charge in [-0.2, -0.15) is 0 Å². The summed E-state index contributed by atoms with van der Waals surface area (Å²) in [5.74, 6) is 2.16. The van der Waals surface area contributed by atoms with E-state index in [0.29, 0.717) is 11.9 Å². The van der Waals surface area contributed by atoms with Crippen LogP contribution in [-0.4, -0.2) is 41.0 Å². The van der Waals surface area contributed by atoms with Crippen LogP contribution in [0.3, 0.4) is 0 Å². The van der Waals surface area contributed by atoms with Crippen LogP contribution in [0.5, 0.6) is 17.5 Å². The zero-order valence-electron chi connectivity index (χ0n) is 14.1. The highest BCUT2D eigenvalue weighted by atomic mass is 16.7. The van der Waals surface area contributed by atoms with E-state index in [4.69, 9.17) is 14.2 Å². The third-order valence-electron chi connectivity index (χ3n) is 5.36. The third kappa shape index (κ3) is 2.80. The lowest BCUT2D eigenvalue weighted by atomic mass is 9.87. The lowest BCUT2D eigenvalue weighted by Crippen LogP contribution is -2.52. The van der Waals surface area contributed by atoms with Crippen LogP contribution in [0, 0.1) is 5.92 Å². The maximum absolute atomic E-state index is 6.15. The number of ether oxygens (including phenoxy) is 3. The second-order valence-electron chi connectivity index (χ2n) is 6.91. The topological polar surface area (TPSA) is 56.7 Å². The van der Waals surface area contributed by atoms with Crippen LogP contribution in [0.4, 0.5) is 0 Å². The van der Waals surface area contributed by atoms with Gasteiger partial charge in [-0.05, 0) is 43.4 Å². The summed E-state index contributed by atoms with van der Waals surface area (Å²) >= 11 is 0. The second kappa shape index (κ2) is 6.19. The Bertz CT molecular complexity index is 743. The van der Waals surface area contributed by atoms with E-state index in [1.807, 2.05) is 30.6 Å². The zero-order chi connectivity index (χ0) is 16.6. The Morgan fingerprint density at radius 3 is 2.48 bits per heavy atom. The lowest BCUT2D eigenvalue weighted by molar-refractivity contribution is -0.0772. The van der Waals surface area contributed by atoms with Crippen molar-refractivity contribution in [1.82, 2.24) is 14.9 Å². The van der Waals surface area contributed by atoms with Crippen molar-refractivity contribution in [2.24, 2.45) is 5.92 Å². The first-order chi connectivity index (χ1) is 12.4. The molecule has 3 aliphatic rings. The summed E-state index contributed by atoms with van der Waals surface area (Å²) in [5.41, 5.74) is 1.95. The molecule has 2 aromatic rings. The number of benzene rings is 1. The van der Waals surface area contributed by atoms with Gasteiger partial charge in [0.1, 0.15) is 0 Å². The smallest absolute Gasteiger partial charge is 0.317 e. The zero-order valence-corrected chi connectivity index (χ0v) is 14.1. The number of hydrogen-bond donors (Lipinski definition) is 0. The standard InChI is InChI=1S/C19H21N3O3/c1-3-13-4-2-8-22(7-1)18(13)25-19-20-10-15(11-21-19)14-5-6-16-17(9-14)24-12-23-16/h5-6,9-11,13,18H,1-4,7-8,12H2/t18-/m0/s1. The minimum absolute atomic E-state index is 0.138. The number of hydrogen-bond acceptors (Lipinski definition) is 6. The minimum atomic E-state index is 0.138. The van der Waals surface area contributed by atoms with Crippen LogP contribution in [0.25, 0.3) is 11.1 Å². The molecule has 0 N–H and O–H groups in total. The third-order valence-corrected chi connectivity index (χ3v) is 5.36. The van der Waals surface area contributed by atoms with Gasteiger partial charge in [-0.1, -0.05) is 6.07 Å². The van der Waals surface area contributed by atoms with E-state index in [1.54, 1.807) is 0 Å². The lowest BCUT2D eigenvalue weighted by Gasteiger charge is -2.44. The summed E-state index contributed by atoms with van der Waals surface area (Å²) in [6.45, 7) is 2.52. The highest BCUT2D eigenvalue weighted by Crippen LogP contribution is 2.36. The van der Waals surface area contributed by atoms with Crippen molar-refractivity contribution in [1.29, 1.82) is 0 Å². The Morgan fingerprint density at radius 1 is 0.960 bits per heavy atom. The van der Waals surface area contributed by atoms with Crippen LogP contribution < -0.4 is 14.2 Å². The molecule has 130 valence electrons. The number of aromatic nitrogens is 2. The molecule has 2 saturated heterocycles. The highest BCUT2D eigenvalue weighted by molar-refractivity contribution is 5.66. The Kier molecular flexibility index (Phi) is 3.70. The largest absolute Gasteiger partial charge is 0.454 e. The van der Waals surface area contributed by atoms with Crippen LogP contribution in [0.15, 0.2) is 30.6 Å². The monoisotopic (exact) mass is 339 g/mol. The molecule has 0 unspecified atom stereocenters. The number of piperidine rings is 2. The molecule has 0 radical (unpaired) electrons. The molecule has 25 heavy (non-hydrogen) atoms. The van der Waals surface area contributed by atoms with Crippen molar-refractivity contribution in [3.63, 3.8) is 0 Å². The first kappa shape index (κ1) is 15.0. The number of rotatable bonds is 3. The summed E-state index contributed by atoms with van der Waals surface area (Å²) in [4.78, 5) is 11.3. The van der Waals surface area contributed by atoms with Gasteiger partial charge < -0.3 is 14.2 Å². The summed E-state index contributed by atoms with van der Waals surface area (Å²) in [6.07, 6.45) is 8.80. The maximum atomic E-state index is 6.15. The predicted molar refractivity (Wildman–Crippen MR) is 91.5 cm³/mol. The van der Waals surface area contributed by atoms with Gasteiger partial charge in [0.05, 0.1) is 0 Å². The molecule has 2 fully saturated rings. The molecule has 1 atom stereocenters. The van der Waals surface area contributed by atoms with Crippen LogP contribution in [0.1, 0.15) is 25.7 Å². The van der Waals surface area contributed by atoms with E-state index in [1.165, 1.54) is 25.7 Å². The van der Waals surface area contributed by atoms with Crippen LogP contribution in [-0.2, 0) is 0 Å². The van der Waals surface area contributed by atoms with E-state index in [9.17, 15) is 0 Å². The van der Waals surface area contributed by atoms with Gasteiger partial charge in [0.25, 0.3) is 0 Å². The Balaban J connectivity index is 1.33. The van der Waals surface area contributed by atoms with Crippen molar-refractivity contribution in [2.75, 3.05) is 19.9 Å². The maximum Gasteiger partial charge on any atom is 0.317 e. The molecule has 3 aliphatic heterocycles. The van der Waals surface area contributed by atoms with E-state index in [0.717, 1.165) is 35.7 Å². The Morgan fingerprint density at radius 2 is 1.72 bits per heavy atom. The van der Waals surface area contributed by atoms with Gasteiger partial charge in [0.15, 0.2) is 17.7 Å². The summed E-state index contributed by atoms with van der Waals surface area (Å²) in [6, 6.07) is 6.33. The molecule has 0 aliphatic carbocycles. The van der Waals surface area contributed by atoms with E-state index in [-0.39, 0.29) is 13.0 Å². The van der Waals surface area contributed by atoms with Gasteiger partial charge in [-0.3, -0.25) is 4.90 Å². The number of nitrogens with zero attached hydrogens (tertiary/aromatic N) is 3. The molecule has 6 nitrogen and oxygen atoms in total. The summed E-state index contributed by atoms with van der Waals surface area (Å²) in [7, 11) is 0. The molecule has 5 rings (SSSR count). The van der Waals surface area contributed by atoms with E-state index < -0.39 is 0 Å². The van der Waals surface area contributed by atoms with Gasteiger partial charge in [0, 0.05) is 37.0 Å². The molecule has 2 bridgehead atoms. The average molecular weight is 339 g/mol. The van der Waals surface area contributed by atoms with Crippen molar-refractivity contribution >= 4 is 0 Å². The molecular weight excluding hydrogens is 318 g/mol. The summed E-state index contributed by atoms with van der Waals surface area (Å²) < 4.78 is 16.9. The fraction of sp³-hybridized carbons (Fsp3) is 0.474. The van der Waals surface area contributed by atoms with Gasteiger partial charge in [-0.25, -0.2) is 9.97 Å². The van der Waals surface area contributed by atoms with Gasteiger partial charge in [-0.15, -0.1) is 0 Å². The highest BCUT2D eigenvalue weighted by Gasteiger charge is 2.36. The van der Waals surface area contributed by atoms with Crippen molar-refractivity contribution in [3.8, 4) is 28.6 Å². The van der Waals surface area contributed by atoms with Crippen LogP contribution in [0.2, 0.25) is 0 Å². The Labute approximate surface area is 146 Å². The fourth-order valence-electron chi connectivity index (χ4n) is 4.09. The number of fused-ring (bicyclic) bond motifs is 3. The van der Waals surface area contributed by atoms with Crippen molar-refractivity contribution < 1.29 is 14.2 Å². The van der Waals surface area contributed by atoms with Crippen LogP contribution >= 0.6 is 0 Å². The first-order valence-corrected chi connectivity index (χ1v) is 8.99. The molecule has 1 aromatic carbocycles. The minimum Gasteiger partial charge on any atom is -0.454 e. The normalized spacial score (nSPS) is 27.1. The van der Waals surface area contributed by atoms with Gasteiger partial charge in [0.2, 0.25) is 6.79 Å². The molecule has 0 amide bonds. The molecular formula is C19H21N3O3. The van der Waals surface area contributed by atoms with Gasteiger partial charge >= 0.3 is 6.01 Å². The second-order valence-corrected chi connectivity index (χ2v) is 6.91. The average Bonchev–Trinajstić information content (AvgIpc) is 3.10. The molecule has 4 heterocycles. The molecule has 1 aromatic heterocycles. The molecule has 0 spiro atoms. The van der Waals surface area contributed by atoms with E-state index >= 15 is 0 Å². The summed E-state index contributed by atoms with van der Waals surface area (Å²) in [5, 5.41) is 0. The van der Waals surface area contributed by atoms with Crippen molar-refractivity contribution in [3.05, 3.63) is 30.6 Å². The predicted octanol–water partition coefficient (Wildman–Crippen LogP) is 3.08. The first-order valence-electron chi connectivity index (χ1n) is 8.99. The SMILES string of the molecule is c1cc2c(cc1-c1cnc(O[C@H]3C4CCCN3CCC4)nc1)OCO2. The van der Waals surface area contributed by atoms with E-state index in [2.05, 4.69) is 14.9 Å². The quantitative estimate of drug-likeness (QED) is 0.856. The molecule has 0 saturated carbocycles. The Hall–Kier alpha value is -2.34.